The van der Waals surface area contributed by atoms with Crippen molar-refractivity contribution >= 4 is 17.5 Å². The SMILES string of the molecule is CCC1(Nc2cc(C(=O)O)c([N+](=O)[O-])cn2)CCC1. The van der Waals surface area contributed by atoms with Crippen molar-refractivity contribution in [2.75, 3.05) is 5.32 Å². The molecule has 2 rings (SSSR count). The van der Waals surface area contributed by atoms with Crippen LogP contribution in [0.5, 0.6) is 0 Å². The Bertz CT molecular complexity index is 520. The lowest BCUT2D eigenvalue weighted by Gasteiger charge is -2.42. The molecule has 0 aromatic carbocycles. The van der Waals surface area contributed by atoms with Gasteiger partial charge in [0.15, 0.2) is 0 Å². The third-order valence-corrected chi connectivity index (χ3v) is 3.69. The molecule has 0 amide bonds. The summed E-state index contributed by atoms with van der Waals surface area (Å²) >= 11 is 0. The predicted octanol–water partition coefficient (Wildman–Crippen LogP) is 2.43. The first-order valence-electron chi connectivity index (χ1n) is 6.13. The van der Waals surface area contributed by atoms with E-state index in [-0.39, 0.29) is 11.1 Å². The molecule has 0 spiro atoms. The van der Waals surface area contributed by atoms with E-state index >= 15 is 0 Å². The molecule has 1 aromatic rings. The van der Waals surface area contributed by atoms with Crippen molar-refractivity contribution in [1.82, 2.24) is 4.98 Å². The van der Waals surface area contributed by atoms with Gasteiger partial charge >= 0.3 is 11.7 Å². The summed E-state index contributed by atoms with van der Waals surface area (Å²) in [4.78, 5) is 25.0. The number of nitrogens with one attached hydrogen (secondary N) is 1. The van der Waals surface area contributed by atoms with Crippen molar-refractivity contribution in [2.45, 2.75) is 38.1 Å². The van der Waals surface area contributed by atoms with Gasteiger partial charge < -0.3 is 10.4 Å². The molecule has 1 aliphatic rings. The minimum Gasteiger partial charge on any atom is -0.477 e. The summed E-state index contributed by atoms with van der Waals surface area (Å²) in [5, 5.41) is 22.9. The summed E-state index contributed by atoms with van der Waals surface area (Å²) in [6.45, 7) is 2.05. The number of aromatic carboxylic acids is 1. The Kier molecular flexibility index (Phi) is 3.37. The van der Waals surface area contributed by atoms with E-state index in [1.807, 2.05) is 0 Å². The molecule has 1 aliphatic carbocycles. The molecule has 102 valence electrons. The molecule has 0 saturated heterocycles. The number of hydrogen-bond donors (Lipinski definition) is 2. The second kappa shape index (κ2) is 4.83. The fourth-order valence-corrected chi connectivity index (χ4v) is 2.28. The van der Waals surface area contributed by atoms with E-state index in [0.29, 0.717) is 5.82 Å². The maximum absolute atomic E-state index is 11.0. The number of carbonyl (C=O) groups is 1. The Morgan fingerprint density at radius 1 is 1.63 bits per heavy atom. The quantitative estimate of drug-likeness (QED) is 0.625. The fraction of sp³-hybridized carbons (Fsp3) is 0.500. The zero-order chi connectivity index (χ0) is 14.0. The topological polar surface area (TPSA) is 105 Å². The van der Waals surface area contributed by atoms with Crippen LogP contribution >= 0.6 is 0 Å². The summed E-state index contributed by atoms with van der Waals surface area (Å²) < 4.78 is 0. The first kappa shape index (κ1) is 13.3. The Balaban J connectivity index is 2.30. The molecular weight excluding hydrogens is 250 g/mol. The number of rotatable bonds is 5. The molecule has 7 nitrogen and oxygen atoms in total. The van der Waals surface area contributed by atoms with Crippen molar-refractivity contribution in [1.29, 1.82) is 0 Å². The van der Waals surface area contributed by atoms with Crippen LogP contribution in [0.25, 0.3) is 0 Å². The molecule has 0 atom stereocenters. The standard InChI is InChI=1S/C12H15N3O4/c1-2-12(4-3-5-12)14-10-6-8(11(16)17)9(7-13-10)15(18)19/h6-7H,2-5H2,1H3,(H,13,14)(H,16,17). The summed E-state index contributed by atoms with van der Waals surface area (Å²) in [6, 6.07) is 1.23. The minimum absolute atomic E-state index is 0.0428. The Labute approximate surface area is 109 Å². The summed E-state index contributed by atoms with van der Waals surface area (Å²) in [5.41, 5.74) is -0.871. The minimum atomic E-state index is -1.32. The molecule has 0 bridgehead atoms. The maximum atomic E-state index is 11.0. The van der Waals surface area contributed by atoms with Gasteiger partial charge in [0.2, 0.25) is 0 Å². The lowest BCUT2D eigenvalue weighted by molar-refractivity contribution is -0.385. The predicted molar refractivity (Wildman–Crippen MR) is 68.3 cm³/mol. The zero-order valence-electron chi connectivity index (χ0n) is 10.5. The fourth-order valence-electron chi connectivity index (χ4n) is 2.28. The van der Waals surface area contributed by atoms with Crippen LogP contribution in [0.1, 0.15) is 43.0 Å². The molecule has 0 radical (unpaired) electrons. The van der Waals surface area contributed by atoms with E-state index in [2.05, 4.69) is 17.2 Å². The van der Waals surface area contributed by atoms with E-state index in [9.17, 15) is 14.9 Å². The third-order valence-electron chi connectivity index (χ3n) is 3.69. The van der Waals surface area contributed by atoms with Crippen LogP contribution in [0, 0.1) is 10.1 Å². The maximum Gasteiger partial charge on any atom is 0.342 e. The molecule has 2 N–H and O–H groups in total. The number of carboxylic acid groups (broad SMARTS) is 1. The molecule has 0 aliphatic heterocycles. The summed E-state index contributed by atoms with van der Waals surface area (Å²) in [7, 11) is 0. The van der Waals surface area contributed by atoms with Gasteiger partial charge in [-0.25, -0.2) is 9.78 Å². The van der Waals surface area contributed by atoms with Crippen LogP contribution in [0.2, 0.25) is 0 Å². The second-order valence-electron chi connectivity index (χ2n) is 4.76. The lowest BCUT2D eigenvalue weighted by atomic mass is 9.75. The Morgan fingerprint density at radius 3 is 2.74 bits per heavy atom. The van der Waals surface area contributed by atoms with Gasteiger partial charge in [-0.1, -0.05) is 6.92 Å². The van der Waals surface area contributed by atoms with Crippen molar-refractivity contribution < 1.29 is 14.8 Å². The van der Waals surface area contributed by atoms with Crippen LogP contribution in [0.3, 0.4) is 0 Å². The average molecular weight is 265 g/mol. The average Bonchev–Trinajstić information content (AvgIpc) is 2.33. The largest absolute Gasteiger partial charge is 0.477 e. The highest BCUT2D eigenvalue weighted by atomic mass is 16.6. The van der Waals surface area contributed by atoms with Gasteiger partial charge in [0.1, 0.15) is 17.6 Å². The highest BCUT2D eigenvalue weighted by Gasteiger charge is 2.35. The van der Waals surface area contributed by atoms with Gasteiger partial charge in [-0.15, -0.1) is 0 Å². The first-order chi connectivity index (χ1) is 8.97. The summed E-state index contributed by atoms with van der Waals surface area (Å²) in [6.07, 6.45) is 5.04. The van der Waals surface area contributed by atoms with E-state index in [1.165, 1.54) is 6.07 Å². The normalized spacial score (nSPS) is 16.5. The van der Waals surface area contributed by atoms with Crippen LogP contribution in [0.4, 0.5) is 11.5 Å². The van der Waals surface area contributed by atoms with Crippen molar-refractivity contribution in [3.63, 3.8) is 0 Å². The highest BCUT2D eigenvalue weighted by Crippen LogP contribution is 2.37. The monoisotopic (exact) mass is 265 g/mol. The molecule has 1 fully saturated rings. The van der Waals surface area contributed by atoms with Crippen molar-refractivity contribution in [3.05, 3.63) is 27.9 Å². The number of pyridine rings is 1. The smallest absolute Gasteiger partial charge is 0.342 e. The Morgan fingerprint density at radius 2 is 2.32 bits per heavy atom. The number of carboxylic acids is 1. The molecular formula is C12H15N3O4. The molecule has 1 heterocycles. The van der Waals surface area contributed by atoms with Crippen LogP contribution in [-0.4, -0.2) is 26.5 Å². The molecule has 1 aromatic heterocycles. The van der Waals surface area contributed by atoms with E-state index in [0.717, 1.165) is 31.9 Å². The third kappa shape index (κ3) is 2.49. The van der Waals surface area contributed by atoms with Crippen LogP contribution < -0.4 is 5.32 Å². The molecule has 19 heavy (non-hydrogen) atoms. The molecule has 7 heteroatoms. The van der Waals surface area contributed by atoms with Gasteiger partial charge in [-0.2, -0.15) is 0 Å². The highest BCUT2D eigenvalue weighted by molar-refractivity contribution is 5.93. The number of nitrogens with zero attached hydrogens (tertiary/aromatic N) is 2. The zero-order valence-corrected chi connectivity index (χ0v) is 10.5. The molecule has 1 saturated carbocycles. The number of hydrogen-bond acceptors (Lipinski definition) is 5. The lowest BCUT2D eigenvalue weighted by Crippen LogP contribution is -2.44. The number of nitro groups is 1. The van der Waals surface area contributed by atoms with Crippen LogP contribution in [0.15, 0.2) is 12.3 Å². The molecule has 0 unspecified atom stereocenters. The Hall–Kier alpha value is -2.18. The van der Waals surface area contributed by atoms with Gasteiger partial charge in [0.25, 0.3) is 0 Å². The van der Waals surface area contributed by atoms with E-state index in [4.69, 9.17) is 5.11 Å². The number of anilines is 1. The summed E-state index contributed by atoms with van der Waals surface area (Å²) in [5.74, 6) is -0.944. The first-order valence-corrected chi connectivity index (χ1v) is 6.13. The van der Waals surface area contributed by atoms with Crippen molar-refractivity contribution in [2.24, 2.45) is 0 Å². The van der Waals surface area contributed by atoms with Gasteiger partial charge in [-0.05, 0) is 25.7 Å². The van der Waals surface area contributed by atoms with Gasteiger partial charge in [0.05, 0.1) is 4.92 Å². The van der Waals surface area contributed by atoms with E-state index in [1.54, 1.807) is 0 Å². The van der Waals surface area contributed by atoms with Gasteiger partial charge in [0, 0.05) is 11.6 Å². The van der Waals surface area contributed by atoms with Crippen LogP contribution in [-0.2, 0) is 0 Å². The number of aromatic nitrogens is 1. The van der Waals surface area contributed by atoms with E-state index < -0.39 is 16.6 Å². The van der Waals surface area contributed by atoms with Gasteiger partial charge in [-0.3, -0.25) is 10.1 Å². The van der Waals surface area contributed by atoms with Crippen molar-refractivity contribution in [3.8, 4) is 0 Å². The second-order valence-corrected chi connectivity index (χ2v) is 4.76.